The van der Waals surface area contributed by atoms with Crippen LogP contribution in [0.3, 0.4) is 0 Å². The van der Waals surface area contributed by atoms with Crippen LogP contribution >= 0.6 is 0 Å². The number of carbonyl (C=O) groups excluding carboxylic acids is 1. The first kappa shape index (κ1) is 13.2. The molecule has 0 rings (SSSR count). The van der Waals surface area contributed by atoms with Crippen LogP contribution in [0.2, 0.25) is 0 Å². The topological polar surface area (TPSA) is 66.5 Å². The normalized spacial score (nSPS) is 11.5. The third-order valence-corrected chi connectivity index (χ3v) is 2.48. The first-order valence-electron chi connectivity index (χ1n) is 4.41. The Morgan fingerprint density at radius 1 is 1.43 bits per heavy atom. The van der Waals surface area contributed by atoms with Gasteiger partial charge in [-0.3, -0.25) is 0 Å². The van der Waals surface area contributed by atoms with E-state index < -0.39 is 9.84 Å². The third kappa shape index (κ3) is 6.71. The molecule has 6 heteroatoms. The number of carbonyl (C=O) groups is 1. The fourth-order valence-electron chi connectivity index (χ4n) is 0.761. The van der Waals surface area contributed by atoms with Crippen molar-refractivity contribution in [1.29, 1.82) is 0 Å². The van der Waals surface area contributed by atoms with Gasteiger partial charge in [-0.25, -0.2) is 13.2 Å². The second kappa shape index (κ2) is 5.19. The summed E-state index contributed by atoms with van der Waals surface area (Å²) in [7, 11) is -1.43. The Kier molecular flexibility index (Phi) is 4.90. The smallest absolute Gasteiger partial charge is 0.317 e. The molecule has 0 radical (unpaired) electrons. The van der Waals surface area contributed by atoms with E-state index >= 15 is 0 Å². The number of hydrogen-bond donors (Lipinski definition) is 1. The first-order valence-corrected chi connectivity index (χ1v) is 6.48. The molecule has 0 saturated carbocycles. The van der Waals surface area contributed by atoms with E-state index in [4.69, 9.17) is 0 Å². The molecular weight excluding hydrogens is 204 g/mol. The Hall–Kier alpha value is -0.780. The highest BCUT2D eigenvalue weighted by Gasteiger charge is 2.11. The van der Waals surface area contributed by atoms with Crippen LogP contribution in [-0.4, -0.2) is 51.0 Å². The maximum atomic E-state index is 11.3. The monoisotopic (exact) mass is 222 g/mol. The number of urea groups is 1. The van der Waals surface area contributed by atoms with Gasteiger partial charge in [0, 0.05) is 25.9 Å². The van der Waals surface area contributed by atoms with Gasteiger partial charge in [0.25, 0.3) is 0 Å². The van der Waals surface area contributed by atoms with Crippen LogP contribution in [0.15, 0.2) is 0 Å². The molecule has 0 aromatic heterocycles. The van der Waals surface area contributed by atoms with E-state index in [1.54, 1.807) is 7.05 Å². The molecule has 0 unspecified atom stereocenters. The summed E-state index contributed by atoms with van der Waals surface area (Å²) >= 11 is 0. The molecule has 0 aliphatic carbocycles. The van der Waals surface area contributed by atoms with Gasteiger partial charge in [-0.15, -0.1) is 0 Å². The van der Waals surface area contributed by atoms with Gasteiger partial charge in [-0.2, -0.15) is 0 Å². The van der Waals surface area contributed by atoms with E-state index in [-0.39, 0.29) is 24.4 Å². The molecule has 0 aromatic rings. The van der Waals surface area contributed by atoms with E-state index in [1.165, 1.54) is 4.90 Å². The zero-order chi connectivity index (χ0) is 11.4. The molecule has 0 bridgehead atoms. The Morgan fingerprint density at radius 3 is 2.29 bits per heavy atom. The molecule has 0 aromatic carbocycles. The summed E-state index contributed by atoms with van der Waals surface area (Å²) in [5.41, 5.74) is 0. The number of nitrogens with one attached hydrogen (secondary N) is 1. The predicted molar refractivity (Wildman–Crippen MR) is 56.0 cm³/mol. The number of amides is 2. The molecule has 84 valence electrons. The molecule has 0 heterocycles. The average molecular weight is 222 g/mol. The molecule has 0 atom stereocenters. The van der Waals surface area contributed by atoms with E-state index in [2.05, 4.69) is 5.32 Å². The lowest BCUT2D eigenvalue weighted by molar-refractivity contribution is 0.208. The lowest BCUT2D eigenvalue weighted by atomic mass is 10.4. The van der Waals surface area contributed by atoms with E-state index in [9.17, 15) is 13.2 Å². The standard InChI is InChI=1S/C8H18N2O3S/c1-7(2)9-8(11)10(3)5-6-14(4,12)13/h7H,5-6H2,1-4H3,(H,9,11). The van der Waals surface area contributed by atoms with E-state index in [0.717, 1.165) is 6.26 Å². The molecule has 0 aliphatic heterocycles. The fraction of sp³-hybridized carbons (Fsp3) is 0.875. The minimum Gasteiger partial charge on any atom is -0.336 e. The molecule has 5 nitrogen and oxygen atoms in total. The Morgan fingerprint density at radius 2 is 1.93 bits per heavy atom. The van der Waals surface area contributed by atoms with Crippen molar-refractivity contribution >= 4 is 15.9 Å². The van der Waals surface area contributed by atoms with Crippen molar-refractivity contribution in [3.8, 4) is 0 Å². The van der Waals surface area contributed by atoms with Gasteiger partial charge in [-0.1, -0.05) is 0 Å². The summed E-state index contributed by atoms with van der Waals surface area (Å²) in [5, 5.41) is 2.67. The summed E-state index contributed by atoms with van der Waals surface area (Å²) in [5.74, 6) is -0.00495. The molecule has 2 amide bonds. The molecular formula is C8H18N2O3S. The van der Waals surface area contributed by atoms with Crippen LogP contribution < -0.4 is 5.32 Å². The minimum absolute atomic E-state index is 0.00495. The molecule has 0 fully saturated rings. The number of rotatable bonds is 4. The quantitative estimate of drug-likeness (QED) is 0.732. The first-order chi connectivity index (χ1) is 6.22. The van der Waals surface area contributed by atoms with Gasteiger partial charge in [0.1, 0.15) is 9.84 Å². The molecule has 0 aliphatic rings. The van der Waals surface area contributed by atoms with Crippen molar-refractivity contribution < 1.29 is 13.2 Å². The maximum Gasteiger partial charge on any atom is 0.317 e. The molecule has 0 spiro atoms. The highest BCUT2D eigenvalue weighted by Crippen LogP contribution is 1.90. The Balaban J connectivity index is 3.97. The Labute approximate surface area is 85.4 Å². The van der Waals surface area contributed by atoms with Crippen LogP contribution in [0, 0.1) is 0 Å². The SMILES string of the molecule is CC(C)NC(=O)N(C)CCS(C)(=O)=O. The van der Waals surface area contributed by atoms with Crippen molar-refractivity contribution in [3.05, 3.63) is 0 Å². The highest BCUT2D eigenvalue weighted by atomic mass is 32.2. The fourth-order valence-corrected chi connectivity index (χ4v) is 1.37. The van der Waals surface area contributed by atoms with Gasteiger partial charge < -0.3 is 10.2 Å². The van der Waals surface area contributed by atoms with Gasteiger partial charge >= 0.3 is 6.03 Å². The summed E-state index contributed by atoms with van der Waals surface area (Å²) in [6.45, 7) is 3.92. The van der Waals surface area contributed by atoms with Crippen LogP contribution in [0.5, 0.6) is 0 Å². The second-order valence-corrected chi connectivity index (χ2v) is 5.92. The lowest BCUT2D eigenvalue weighted by Gasteiger charge is -2.18. The number of hydrogen-bond acceptors (Lipinski definition) is 3. The zero-order valence-electron chi connectivity index (χ0n) is 9.07. The van der Waals surface area contributed by atoms with Gasteiger partial charge in [-0.05, 0) is 13.8 Å². The van der Waals surface area contributed by atoms with Gasteiger partial charge in [0.15, 0.2) is 0 Å². The summed E-state index contributed by atoms with van der Waals surface area (Å²) in [6.07, 6.45) is 1.15. The van der Waals surface area contributed by atoms with Crippen molar-refractivity contribution in [2.45, 2.75) is 19.9 Å². The van der Waals surface area contributed by atoms with Crippen LogP contribution in [0.1, 0.15) is 13.8 Å². The number of nitrogens with zero attached hydrogens (tertiary/aromatic N) is 1. The van der Waals surface area contributed by atoms with E-state index in [0.29, 0.717) is 0 Å². The second-order valence-electron chi connectivity index (χ2n) is 3.66. The molecule has 1 N–H and O–H groups in total. The van der Waals surface area contributed by atoms with Crippen molar-refractivity contribution in [1.82, 2.24) is 10.2 Å². The molecule has 0 saturated heterocycles. The maximum absolute atomic E-state index is 11.3. The highest BCUT2D eigenvalue weighted by molar-refractivity contribution is 7.90. The zero-order valence-corrected chi connectivity index (χ0v) is 9.89. The molecule has 14 heavy (non-hydrogen) atoms. The summed E-state index contributed by atoms with van der Waals surface area (Å²) in [4.78, 5) is 12.7. The van der Waals surface area contributed by atoms with Crippen LogP contribution in [-0.2, 0) is 9.84 Å². The Bertz CT molecular complexity index is 285. The van der Waals surface area contributed by atoms with Crippen molar-refractivity contribution in [2.24, 2.45) is 0 Å². The van der Waals surface area contributed by atoms with Crippen LogP contribution in [0.25, 0.3) is 0 Å². The van der Waals surface area contributed by atoms with Crippen LogP contribution in [0.4, 0.5) is 4.79 Å². The lowest BCUT2D eigenvalue weighted by Crippen LogP contribution is -2.42. The van der Waals surface area contributed by atoms with E-state index in [1.807, 2.05) is 13.8 Å². The number of sulfone groups is 1. The third-order valence-electron chi connectivity index (χ3n) is 1.56. The summed E-state index contributed by atoms with van der Waals surface area (Å²) < 4.78 is 21.6. The van der Waals surface area contributed by atoms with Gasteiger partial charge in [0.2, 0.25) is 0 Å². The largest absolute Gasteiger partial charge is 0.336 e. The van der Waals surface area contributed by atoms with Gasteiger partial charge in [0.05, 0.1) is 5.75 Å². The predicted octanol–water partition coefficient (Wildman–Crippen LogP) is 0.0808. The average Bonchev–Trinajstić information content (AvgIpc) is 1.97. The van der Waals surface area contributed by atoms with Crippen molar-refractivity contribution in [2.75, 3.05) is 25.6 Å². The minimum atomic E-state index is -3.00. The van der Waals surface area contributed by atoms with Crippen molar-refractivity contribution in [3.63, 3.8) is 0 Å². The summed E-state index contributed by atoms with van der Waals surface area (Å²) in [6, 6.07) is -0.188.